The van der Waals surface area contributed by atoms with Gasteiger partial charge in [0.25, 0.3) is 0 Å². The molecule has 2 nitrogen and oxygen atoms in total. The number of hydrogen-bond acceptors (Lipinski definition) is 2. The fourth-order valence-corrected chi connectivity index (χ4v) is 2.67. The lowest BCUT2D eigenvalue weighted by Crippen LogP contribution is -2.18. The number of fused-ring (bicyclic) bond motifs is 1. The predicted octanol–water partition coefficient (Wildman–Crippen LogP) is 2.51. The highest BCUT2D eigenvalue weighted by atomic mass is 16.1. The van der Waals surface area contributed by atoms with Gasteiger partial charge in [0.15, 0.2) is 0 Å². The van der Waals surface area contributed by atoms with E-state index in [1.54, 1.807) is 13.8 Å². The lowest BCUT2D eigenvalue weighted by atomic mass is 9.86. The molecule has 0 saturated heterocycles. The van der Waals surface area contributed by atoms with Gasteiger partial charge in [-0.25, -0.2) is 0 Å². The van der Waals surface area contributed by atoms with E-state index in [9.17, 15) is 9.59 Å². The van der Waals surface area contributed by atoms with Crippen molar-refractivity contribution < 1.29 is 9.59 Å². The Balaban J connectivity index is 2.35. The predicted molar refractivity (Wildman–Crippen MR) is 62.4 cm³/mol. The summed E-state index contributed by atoms with van der Waals surface area (Å²) in [5.74, 6) is 0.461. The molecule has 0 radical (unpaired) electrons. The second-order valence-corrected chi connectivity index (χ2v) is 4.63. The summed E-state index contributed by atoms with van der Waals surface area (Å²) in [5, 5.41) is 0. The van der Waals surface area contributed by atoms with Gasteiger partial charge in [0, 0.05) is 18.3 Å². The van der Waals surface area contributed by atoms with Gasteiger partial charge in [0.1, 0.15) is 11.6 Å². The van der Waals surface area contributed by atoms with Crippen molar-refractivity contribution in [1.82, 2.24) is 0 Å². The molecule has 0 spiro atoms. The summed E-state index contributed by atoms with van der Waals surface area (Å²) in [7, 11) is 0. The van der Waals surface area contributed by atoms with E-state index in [0.717, 1.165) is 6.42 Å². The van der Waals surface area contributed by atoms with Crippen LogP contribution in [0.4, 0.5) is 0 Å². The van der Waals surface area contributed by atoms with Crippen molar-refractivity contribution in [2.45, 2.75) is 32.6 Å². The molecule has 0 N–H and O–H groups in total. The third-order valence-electron chi connectivity index (χ3n) is 3.41. The monoisotopic (exact) mass is 216 g/mol. The van der Waals surface area contributed by atoms with E-state index in [4.69, 9.17) is 0 Å². The van der Waals surface area contributed by atoms with Gasteiger partial charge in [-0.1, -0.05) is 24.3 Å². The molecule has 1 aliphatic rings. The first-order valence-electron chi connectivity index (χ1n) is 5.67. The van der Waals surface area contributed by atoms with Crippen LogP contribution in [0.3, 0.4) is 0 Å². The molecule has 0 aliphatic heterocycles. The van der Waals surface area contributed by atoms with Gasteiger partial charge < -0.3 is 4.79 Å². The van der Waals surface area contributed by atoms with Gasteiger partial charge in [-0.05, 0) is 31.4 Å². The standard InChI is InChI=1S/C14H16O2/c1-9(15)7-14-12-6-4-3-5-11(12)8-13(14)10(2)16/h3-6,13-14H,7-8H2,1-2H3/t13-,14-/m0/s1. The summed E-state index contributed by atoms with van der Waals surface area (Å²) < 4.78 is 0. The van der Waals surface area contributed by atoms with E-state index >= 15 is 0 Å². The van der Waals surface area contributed by atoms with Crippen LogP contribution >= 0.6 is 0 Å². The first-order chi connectivity index (χ1) is 7.59. The van der Waals surface area contributed by atoms with Crippen molar-refractivity contribution in [3.63, 3.8) is 0 Å². The minimum atomic E-state index is 0.00120. The van der Waals surface area contributed by atoms with Crippen molar-refractivity contribution >= 4 is 11.6 Å². The SMILES string of the molecule is CC(=O)C[C@H]1c2ccccc2C[C@H]1C(C)=O. The van der Waals surface area contributed by atoms with Crippen molar-refractivity contribution in [1.29, 1.82) is 0 Å². The third kappa shape index (κ3) is 1.92. The molecule has 2 rings (SSSR count). The number of Topliss-reactive ketones (excluding diaryl/α,β-unsaturated/α-hetero) is 2. The molecule has 16 heavy (non-hydrogen) atoms. The minimum absolute atomic E-state index is 0.00120. The van der Waals surface area contributed by atoms with E-state index in [0.29, 0.717) is 6.42 Å². The van der Waals surface area contributed by atoms with E-state index in [1.165, 1.54) is 11.1 Å². The van der Waals surface area contributed by atoms with Crippen LogP contribution in [0.15, 0.2) is 24.3 Å². The number of hydrogen-bond donors (Lipinski definition) is 0. The van der Waals surface area contributed by atoms with Crippen LogP contribution in [-0.2, 0) is 16.0 Å². The van der Waals surface area contributed by atoms with Crippen LogP contribution in [-0.4, -0.2) is 11.6 Å². The number of carbonyl (C=O) groups excluding carboxylic acids is 2. The van der Waals surface area contributed by atoms with Crippen LogP contribution in [0.2, 0.25) is 0 Å². The van der Waals surface area contributed by atoms with Crippen LogP contribution in [0.25, 0.3) is 0 Å². The Morgan fingerprint density at radius 3 is 2.56 bits per heavy atom. The Hall–Kier alpha value is -1.44. The average Bonchev–Trinajstić information content (AvgIpc) is 2.57. The number of ketones is 2. The molecule has 1 aliphatic carbocycles. The van der Waals surface area contributed by atoms with Crippen LogP contribution in [0.5, 0.6) is 0 Å². The molecule has 0 saturated carbocycles. The van der Waals surface area contributed by atoms with Crippen LogP contribution < -0.4 is 0 Å². The molecule has 1 aromatic carbocycles. The average molecular weight is 216 g/mol. The van der Waals surface area contributed by atoms with Gasteiger partial charge in [-0.15, -0.1) is 0 Å². The van der Waals surface area contributed by atoms with Crippen LogP contribution in [0.1, 0.15) is 37.3 Å². The van der Waals surface area contributed by atoms with Crippen molar-refractivity contribution in [3.8, 4) is 0 Å². The van der Waals surface area contributed by atoms with Gasteiger partial charge in [0.2, 0.25) is 0 Å². The Kier molecular flexibility index (Phi) is 2.90. The maximum Gasteiger partial charge on any atom is 0.133 e. The number of rotatable bonds is 3. The molecule has 0 amide bonds. The Morgan fingerprint density at radius 2 is 1.94 bits per heavy atom. The first kappa shape index (κ1) is 11.1. The quantitative estimate of drug-likeness (QED) is 0.778. The number of carbonyl (C=O) groups is 2. The zero-order valence-corrected chi connectivity index (χ0v) is 9.69. The molecule has 2 atom stereocenters. The first-order valence-corrected chi connectivity index (χ1v) is 5.67. The topological polar surface area (TPSA) is 34.1 Å². The van der Waals surface area contributed by atoms with Crippen LogP contribution in [0, 0.1) is 5.92 Å². The van der Waals surface area contributed by atoms with Crippen molar-refractivity contribution in [2.75, 3.05) is 0 Å². The Morgan fingerprint density at radius 1 is 1.25 bits per heavy atom. The van der Waals surface area contributed by atoms with E-state index < -0.39 is 0 Å². The molecule has 0 heterocycles. The summed E-state index contributed by atoms with van der Waals surface area (Å²) in [5.41, 5.74) is 2.42. The molecule has 84 valence electrons. The zero-order valence-electron chi connectivity index (χ0n) is 9.69. The molecular formula is C14H16O2. The molecule has 0 bridgehead atoms. The minimum Gasteiger partial charge on any atom is -0.300 e. The van der Waals surface area contributed by atoms with E-state index in [-0.39, 0.29) is 23.4 Å². The number of benzene rings is 1. The molecule has 0 aromatic heterocycles. The zero-order chi connectivity index (χ0) is 11.7. The van der Waals surface area contributed by atoms with Crippen molar-refractivity contribution in [3.05, 3.63) is 35.4 Å². The van der Waals surface area contributed by atoms with E-state index in [2.05, 4.69) is 6.07 Å². The van der Waals surface area contributed by atoms with Gasteiger partial charge >= 0.3 is 0 Å². The molecule has 0 unspecified atom stereocenters. The highest BCUT2D eigenvalue weighted by molar-refractivity contribution is 5.83. The fraction of sp³-hybridized carbons (Fsp3) is 0.429. The molecule has 1 aromatic rings. The summed E-state index contributed by atoms with van der Waals surface area (Å²) >= 11 is 0. The summed E-state index contributed by atoms with van der Waals surface area (Å²) in [6, 6.07) is 8.08. The molecular weight excluding hydrogens is 200 g/mol. The normalized spacial score (nSPS) is 22.9. The smallest absolute Gasteiger partial charge is 0.133 e. The Labute approximate surface area is 95.7 Å². The largest absolute Gasteiger partial charge is 0.300 e. The maximum absolute atomic E-state index is 11.6. The van der Waals surface area contributed by atoms with Gasteiger partial charge in [-0.2, -0.15) is 0 Å². The highest BCUT2D eigenvalue weighted by Crippen LogP contribution is 2.40. The molecule has 0 fully saturated rings. The molecule has 2 heteroatoms. The Bertz CT molecular complexity index is 434. The maximum atomic E-state index is 11.6. The third-order valence-corrected chi connectivity index (χ3v) is 3.41. The van der Waals surface area contributed by atoms with Gasteiger partial charge in [0.05, 0.1) is 0 Å². The highest BCUT2D eigenvalue weighted by Gasteiger charge is 2.35. The van der Waals surface area contributed by atoms with Gasteiger partial charge in [-0.3, -0.25) is 4.79 Å². The summed E-state index contributed by atoms with van der Waals surface area (Å²) in [6.07, 6.45) is 1.28. The lowest BCUT2D eigenvalue weighted by molar-refractivity contribution is -0.122. The second-order valence-electron chi connectivity index (χ2n) is 4.63. The lowest BCUT2D eigenvalue weighted by Gasteiger charge is -2.16. The van der Waals surface area contributed by atoms with E-state index in [1.807, 2.05) is 18.2 Å². The fourth-order valence-electron chi connectivity index (χ4n) is 2.67. The van der Waals surface area contributed by atoms with Crippen molar-refractivity contribution in [2.24, 2.45) is 5.92 Å². The summed E-state index contributed by atoms with van der Waals surface area (Å²) in [6.45, 7) is 3.22. The second kappa shape index (κ2) is 4.20. The summed E-state index contributed by atoms with van der Waals surface area (Å²) in [4.78, 5) is 22.9.